The molecule has 0 aromatic heterocycles. The molecule has 0 bridgehead atoms. The average Bonchev–Trinajstić information content (AvgIpc) is 2.22. The zero-order chi connectivity index (χ0) is 6.32. The van der Waals surface area contributed by atoms with Gasteiger partial charge in [0.2, 0.25) is 0 Å². The SMILES string of the molecule is Cl[Si]12OCCN1CCO2. The van der Waals surface area contributed by atoms with Crippen molar-refractivity contribution in [2.75, 3.05) is 26.3 Å². The van der Waals surface area contributed by atoms with Crippen LogP contribution in [0.5, 0.6) is 0 Å². The zero-order valence-corrected chi connectivity index (χ0v) is 6.73. The van der Waals surface area contributed by atoms with Gasteiger partial charge >= 0.3 is 8.03 Å². The van der Waals surface area contributed by atoms with Crippen molar-refractivity contribution in [2.45, 2.75) is 0 Å². The summed E-state index contributed by atoms with van der Waals surface area (Å²) in [6, 6.07) is 0. The molecule has 2 aliphatic rings. The Morgan fingerprint density at radius 3 is 2.22 bits per heavy atom. The standard InChI is InChI=1S/C4H8ClNO2Si/c5-9-6(1-3-7-9)2-4-8-9/h1-4H2. The minimum absolute atomic E-state index is 0.746. The third kappa shape index (κ3) is 0.823. The fraction of sp³-hybridized carbons (Fsp3) is 1.00. The Bertz CT molecular complexity index is 124. The predicted molar refractivity (Wildman–Crippen MR) is 35.1 cm³/mol. The molecule has 0 unspecified atom stereocenters. The molecule has 2 rings (SSSR count). The van der Waals surface area contributed by atoms with E-state index in [2.05, 4.69) is 4.57 Å². The van der Waals surface area contributed by atoms with Gasteiger partial charge < -0.3 is 8.85 Å². The third-order valence-corrected chi connectivity index (χ3v) is 5.36. The third-order valence-electron chi connectivity index (χ3n) is 1.66. The van der Waals surface area contributed by atoms with Gasteiger partial charge in [0.15, 0.2) is 0 Å². The highest BCUT2D eigenvalue weighted by Gasteiger charge is 2.52. The molecule has 0 N–H and O–H groups in total. The van der Waals surface area contributed by atoms with Crippen molar-refractivity contribution < 1.29 is 8.85 Å². The van der Waals surface area contributed by atoms with Gasteiger partial charge in [0.1, 0.15) is 0 Å². The Morgan fingerprint density at radius 2 is 1.78 bits per heavy atom. The van der Waals surface area contributed by atoms with E-state index in [1.165, 1.54) is 0 Å². The van der Waals surface area contributed by atoms with Gasteiger partial charge in [-0.05, 0) is 0 Å². The first-order valence-electron chi connectivity index (χ1n) is 3.03. The van der Waals surface area contributed by atoms with E-state index in [-0.39, 0.29) is 0 Å². The van der Waals surface area contributed by atoms with Crippen LogP contribution in [0.4, 0.5) is 0 Å². The van der Waals surface area contributed by atoms with Crippen LogP contribution in [0.2, 0.25) is 0 Å². The van der Waals surface area contributed by atoms with Crippen LogP contribution in [0.25, 0.3) is 0 Å². The van der Waals surface area contributed by atoms with E-state index in [9.17, 15) is 0 Å². The summed E-state index contributed by atoms with van der Waals surface area (Å²) >= 11 is 5.99. The van der Waals surface area contributed by atoms with Crippen molar-refractivity contribution in [2.24, 2.45) is 0 Å². The van der Waals surface area contributed by atoms with Crippen molar-refractivity contribution >= 4 is 19.1 Å². The summed E-state index contributed by atoms with van der Waals surface area (Å²) in [7, 11) is -2.25. The maximum Gasteiger partial charge on any atom is 0.537 e. The van der Waals surface area contributed by atoms with Crippen LogP contribution in [-0.2, 0) is 8.85 Å². The molecule has 5 heteroatoms. The van der Waals surface area contributed by atoms with Gasteiger partial charge in [0.25, 0.3) is 0 Å². The van der Waals surface area contributed by atoms with Crippen LogP contribution in [0.3, 0.4) is 0 Å². The molecule has 2 aliphatic heterocycles. The van der Waals surface area contributed by atoms with Gasteiger partial charge in [-0.3, -0.25) is 4.57 Å². The maximum atomic E-state index is 5.99. The number of hydrogen-bond acceptors (Lipinski definition) is 3. The van der Waals surface area contributed by atoms with Crippen molar-refractivity contribution in [1.82, 2.24) is 4.57 Å². The number of hydrogen-bond donors (Lipinski definition) is 0. The van der Waals surface area contributed by atoms with Crippen LogP contribution in [0.15, 0.2) is 0 Å². The average molecular weight is 166 g/mol. The van der Waals surface area contributed by atoms with E-state index in [1.807, 2.05) is 0 Å². The van der Waals surface area contributed by atoms with Crippen molar-refractivity contribution in [3.8, 4) is 0 Å². The first-order valence-corrected chi connectivity index (χ1v) is 5.81. The molecular formula is C4H8ClNO2Si. The lowest BCUT2D eigenvalue weighted by molar-refractivity contribution is 0.239. The highest BCUT2D eigenvalue weighted by molar-refractivity contribution is 7.11. The van der Waals surface area contributed by atoms with E-state index < -0.39 is 8.03 Å². The second-order valence-electron chi connectivity index (χ2n) is 2.19. The highest BCUT2D eigenvalue weighted by Crippen LogP contribution is 2.27. The number of halogens is 1. The molecule has 0 atom stereocenters. The summed E-state index contributed by atoms with van der Waals surface area (Å²) in [6.45, 7) is 3.40. The van der Waals surface area contributed by atoms with Gasteiger partial charge in [-0.15, -0.1) is 0 Å². The highest BCUT2D eigenvalue weighted by atomic mass is 35.6. The second-order valence-corrected chi connectivity index (χ2v) is 5.84. The lowest BCUT2D eigenvalue weighted by Crippen LogP contribution is -2.41. The first-order chi connectivity index (χ1) is 4.31. The number of nitrogens with zero attached hydrogens (tertiary/aromatic N) is 1. The van der Waals surface area contributed by atoms with Crippen LogP contribution in [0, 0.1) is 0 Å². The summed E-state index contributed by atoms with van der Waals surface area (Å²) in [5.74, 6) is 0. The fourth-order valence-corrected chi connectivity index (χ4v) is 3.99. The van der Waals surface area contributed by atoms with E-state index in [4.69, 9.17) is 19.9 Å². The minimum atomic E-state index is -2.25. The molecule has 0 aromatic rings. The van der Waals surface area contributed by atoms with Gasteiger partial charge in [-0.1, -0.05) is 11.1 Å². The molecule has 9 heavy (non-hydrogen) atoms. The van der Waals surface area contributed by atoms with Crippen molar-refractivity contribution in [3.63, 3.8) is 0 Å². The molecular weight excluding hydrogens is 158 g/mol. The zero-order valence-electron chi connectivity index (χ0n) is 4.97. The molecule has 0 amide bonds. The topological polar surface area (TPSA) is 21.7 Å². The van der Waals surface area contributed by atoms with Crippen LogP contribution in [0.1, 0.15) is 0 Å². The van der Waals surface area contributed by atoms with Crippen LogP contribution >= 0.6 is 11.1 Å². The lowest BCUT2D eigenvalue weighted by Gasteiger charge is -2.14. The lowest BCUT2D eigenvalue weighted by atomic mass is 10.6. The molecule has 2 heterocycles. The van der Waals surface area contributed by atoms with E-state index in [1.54, 1.807) is 0 Å². The molecule has 0 aromatic carbocycles. The first kappa shape index (κ1) is 6.12. The van der Waals surface area contributed by atoms with Crippen LogP contribution < -0.4 is 0 Å². The second kappa shape index (κ2) is 1.93. The normalized spacial score (nSPS) is 33.0. The van der Waals surface area contributed by atoms with Crippen molar-refractivity contribution in [1.29, 1.82) is 0 Å². The molecule has 2 saturated heterocycles. The molecule has 0 aliphatic carbocycles. The Morgan fingerprint density at radius 1 is 1.22 bits per heavy atom. The van der Waals surface area contributed by atoms with Gasteiger partial charge in [-0.25, -0.2) is 0 Å². The molecule has 3 nitrogen and oxygen atoms in total. The molecule has 52 valence electrons. The largest absolute Gasteiger partial charge is 0.537 e. The fourth-order valence-electron chi connectivity index (χ4n) is 1.17. The summed E-state index contributed by atoms with van der Waals surface area (Å²) in [4.78, 5) is 0. The van der Waals surface area contributed by atoms with Crippen LogP contribution in [-0.4, -0.2) is 38.9 Å². The predicted octanol–water partition coefficient (Wildman–Crippen LogP) is 0.0232. The monoisotopic (exact) mass is 165 g/mol. The molecule has 0 radical (unpaired) electrons. The smallest absolute Gasteiger partial charge is 0.370 e. The van der Waals surface area contributed by atoms with Gasteiger partial charge in [0, 0.05) is 13.1 Å². The van der Waals surface area contributed by atoms with Gasteiger partial charge in [0.05, 0.1) is 13.2 Å². The Balaban J connectivity index is 2.17. The summed E-state index contributed by atoms with van der Waals surface area (Å²) in [5.41, 5.74) is 0. The Hall–Kier alpha value is 0.387. The molecule has 0 spiro atoms. The summed E-state index contributed by atoms with van der Waals surface area (Å²) in [6.07, 6.45) is 0. The Kier molecular flexibility index (Phi) is 1.31. The van der Waals surface area contributed by atoms with Gasteiger partial charge in [-0.2, -0.15) is 0 Å². The Labute approximate surface area is 59.5 Å². The number of fused-ring (bicyclic) bond motifs is 1. The van der Waals surface area contributed by atoms with E-state index in [0.717, 1.165) is 26.3 Å². The van der Waals surface area contributed by atoms with E-state index >= 15 is 0 Å². The van der Waals surface area contributed by atoms with Crippen molar-refractivity contribution in [3.05, 3.63) is 0 Å². The molecule has 2 fully saturated rings. The molecule has 0 saturated carbocycles. The summed E-state index contributed by atoms with van der Waals surface area (Å²) < 4.78 is 12.7. The maximum absolute atomic E-state index is 5.99. The number of rotatable bonds is 0. The quantitative estimate of drug-likeness (QED) is 0.373. The van der Waals surface area contributed by atoms with E-state index in [0.29, 0.717) is 0 Å². The summed E-state index contributed by atoms with van der Waals surface area (Å²) in [5, 5.41) is 0. The minimum Gasteiger partial charge on any atom is -0.370 e.